The highest BCUT2D eigenvalue weighted by Crippen LogP contribution is 2.29. The van der Waals surface area contributed by atoms with Crippen molar-refractivity contribution in [1.29, 1.82) is 0 Å². The summed E-state index contributed by atoms with van der Waals surface area (Å²) in [7, 11) is -3.90. The maximum absolute atomic E-state index is 12.9. The average molecular weight is 519 g/mol. The first-order valence-electron chi connectivity index (χ1n) is 11.9. The zero-order valence-electron chi connectivity index (χ0n) is 20.2. The van der Waals surface area contributed by atoms with Gasteiger partial charge in [0.15, 0.2) is 0 Å². The smallest absolute Gasteiger partial charge is 0.322 e. The largest absolute Gasteiger partial charge is 0.487 e. The third-order valence-electron chi connectivity index (χ3n) is 6.43. The van der Waals surface area contributed by atoms with Crippen molar-refractivity contribution in [1.82, 2.24) is 9.29 Å². The second kappa shape index (κ2) is 10.2. The van der Waals surface area contributed by atoms with E-state index in [1.165, 1.54) is 12.1 Å². The van der Waals surface area contributed by atoms with Gasteiger partial charge in [0.25, 0.3) is 0 Å². The monoisotopic (exact) mass is 518 g/mol. The molecule has 5 rings (SSSR count). The number of carboxylic acids is 1. The van der Waals surface area contributed by atoms with E-state index in [1.807, 2.05) is 49.4 Å². The fourth-order valence-corrected chi connectivity index (χ4v) is 6.04. The Morgan fingerprint density at radius 2 is 1.65 bits per heavy atom. The lowest BCUT2D eigenvalue weighted by atomic mass is 10.0. The molecular weight excluding hydrogens is 492 g/mol. The molecule has 37 heavy (non-hydrogen) atoms. The molecule has 190 valence electrons. The molecule has 0 spiro atoms. The number of aromatic nitrogens is 1. The number of rotatable bonds is 8. The van der Waals surface area contributed by atoms with Crippen LogP contribution in [-0.2, 0) is 21.4 Å². The fourth-order valence-electron chi connectivity index (χ4n) is 4.39. The summed E-state index contributed by atoms with van der Waals surface area (Å²) in [5.41, 5.74) is 3.72. The van der Waals surface area contributed by atoms with Crippen molar-refractivity contribution in [3.63, 3.8) is 0 Å². The Balaban J connectivity index is 1.25. The minimum Gasteiger partial charge on any atom is -0.487 e. The number of nitrogens with zero attached hydrogens (tertiary/aromatic N) is 2. The highest BCUT2D eigenvalue weighted by Gasteiger charge is 2.39. The van der Waals surface area contributed by atoms with Crippen LogP contribution in [0, 0.1) is 6.92 Å². The minimum atomic E-state index is -3.90. The van der Waals surface area contributed by atoms with Crippen LogP contribution in [0.5, 0.6) is 5.75 Å². The number of ether oxygens (including phenoxy) is 1. The van der Waals surface area contributed by atoms with Crippen LogP contribution in [-0.4, -0.2) is 41.4 Å². The van der Waals surface area contributed by atoms with Crippen LogP contribution in [0.1, 0.15) is 24.3 Å². The van der Waals surface area contributed by atoms with E-state index in [0.29, 0.717) is 35.9 Å². The molecule has 1 fully saturated rings. The Morgan fingerprint density at radius 1 is 1.00 bits per heavy atom. The van der Waals surface area contributed by atoms with Crippen LogP contribution >= 0.6 is 0 Å². The Hall–Kier alpha value is -3.95. The molecule has 0 bridgehead atoms. The molecule has 0 amide bonds. The first-order chi connectivity index (χ1) is 17.8. The zero-order chi connectivity index (χ0) is 26.0. The molecule has 0 aliphatic carbocycles. The van der Waals surface area contributed by atoms with Crippen molar-refractivity contribution in [3.05, 3.63) is 90.3 Å². The van der Waals surface area contributed by atoms with Crippen LogP contribution in [0.2, 0.25) is 0 Å². The van der Waals surface area contributed by atoms with E-state index in [9.17, 15) is 18.3 Å². The molecule has 1 aliphatic rings. The normalized spacial score (nSPS) is 16.1. The molecule has 1 saturated heterocycles. The minimum absolute atomic E-state index is 0.0341. The van der Waals surface area contributed by atoms with Gasteiger partial charge in [0, 0.05) is 12.1 Å². The number of aliphatic carboxylic acids is 1. The van der Waals surface area contributed by atoms with Gasteiger partial charge in [-0.05, 0) is 67.3 Å². The molecule has 2 heterocycles. The third kappa shape index (κ3) is 5.14. The highest BCUT2D eigenvalue weighted by atomic mass is 32.2. The molecule has 1 atom stereocenters. The van der Waals surface area contributed by atoms with Gasteiger partial charge in [0.05, 0.1) is 4.90 Å². The number of benzene rings is 3. The molecule has 1 N–H and O–H groups in total. The topological polar surface area (TPSA) is 110 Å². The second-order valence-corrected chi connectivity index (χ2v) is 10.7. The lowest BCUT2D eigenvalue weighted by molar-refractivity contribution is -0.140. The van der Waals surface area contributed by atoms with E-state index in [1.54, 1.807) is 12.1 Å². The van der Waals surface area contributed by atoms with Gasteiger partial charge in [-0.3, -0.25) is 4.79 Å². The van der Waals surface area contributed by atoms with Gasteiger partial charge in [0.1, 0.15) is 29.9 Å². The van der Waals surface area contributed by atoms with Crippen molar-refractivity contribution in [2.45, 2.75) is 37.3 Å². The molecule has 3 aromatic carbocycles. The van der Waals surface area contributed by atoms with E-state index in [2.05, 4.69) is 17.1 Å². The first-order valence-corrected chi connectivity index (χ1v) is 13.4. The Kier molecular flexibility index (Phi) is 6.82. The van der Waals surface area contributed by atoms with Crippen LogP contribution < -0.4 is 4.74 Å². The summed E-state index contributed by atoms with van der Waals surface area (Å²) in [6.45, 7) is 2.16. The van der Waals surface area contributed by atoms with Gasteiger partial charge < -0.3 is 14.3 Å². The standard InChI is InChI=1S/C28H26N2O6S/c1-19-25(29-27(36-19)22-11-9-21(10-12-22)20-6-3-2-4-7-20)18-35-23-13-15-24(16-14-23)37(33,34)30-17-5-8-26(30)28(31)32/h2-4,6-7,9-16,26H,5,8,17-18H2,1H3,(H,31,32). The zero-order valence-corrected chi connectivity index (χ0v) is 21.0. The van der Waals surface area contributed by atoms with Crippen LogP contribution in [0.4, 0.5) is 0 Å². The van der Waals surface area contributed by atoms with Crippen molar-refractivity contribution in [2.24, 2.45) is 0 Å². The van der Waals surface area contributed by atoms with E-state index < -0.39 is 22.0 Å². The number of sulfonamides is 1. The van der Waals surface area contributed by atoms with Crippen LogP contribution in [0.15, 0.2) is 88.2 Å². The summed E-state index contributed by atoms with van der Waals surface area (Å²) in [6.07, 6.45) is 0.833. The van der Waals surface area contributed by atoms with E-state index in [0.717, 1.165) is 21.0 Å². The number of aryl methyl sites for hydroxylation is 1. The molecule has 4 aromatic rings. The highest BCUT2D eigenvalue weighted by molar-refractivity contribution is 7.89. The summed E-state index contributed by atoms with van der Waals surface area (Å²) in [6, 6.07) is 23.0. The van der Waals surface area contributed by atoms with Crippen LogP contribution in [0.25, 0.3) is 22.6 Å². The summed E-state index contributed by atoms with van der Waals surface area (Å²) in [4.78, 5) is 16.0. The van der Waals surface area contributed by atoms with Crippen molar-refractivity contribution in [3.8, 4) is 28.3 Å². The molecular formula is C28H26N2O6S. The number of hydrogen-bond donors (Lipinski definition) is 1. The lowest BCUT2D eigenvalue weighted by Crippen LogP contribution is -2.40. The number of carboxylic acid groups (broad SMARTS) is 1. The summed E-state index contributed by atoms with van der Waals surface area (Å²) in [5.74, 6) is 0.465. The van der Waals surface area contributed by atoms with Gasteiger partial charge in [-0.1, -0.05) is 42.5 Å². The number of oxazole rings is 1. The van der Waals surface area contributed by atoms with Crippen molar-refractivity contribution < 1.29 is 27.5 Å². The molecule has 1 aliphatic heterocycles. The molecule has 9 heteroatoms. The molecule has 1 aromatic heterocycles. The summed E-state index contributed by atoms with van der Waals surface area (Å²) >= 11 is 0. The summed E-state index contributed by atoms with van der Waals surface area (Å²) < 4.78 is 38.6. The fraction of sp³-hybridized carbons (Fsp3) is 0.214. The summed E-state index contributed by atoms with van der Waals surface area (Å²) in [5, 5.41) is 9.33. The van der Waals surface area contributed by atoms with Crippen molar-refractivity contribution >= 4 is 16.0 Å². The quantitative estimate of drug-likeness (QED) is 0.344. The maximum atomic E-state index is 12.9. The average Bonchev–Trinajstić information content (AvgIpc) is 3.56. The van der Waals surface area contributed by atoms with Gasteiger partial charge in [-0.2, -0.15) is 4.31 Å². The van der Waals surface area contributed by atoms with Gasteiger partial charge in [0.2, 0.25) is 15.9 Å². The van der Waals surface area contributed by atoms with Gasteiger partial charge >= 0.3 is 5.97 Å². The maximum Gasteiger partial charge on any atom is 0.322 e. The number of hydrogen-bond acceptors (Lipinski definition) is 6. The predicted molar refractivity (Wildman–Crippen MR) is 137 cm³/mol. The van der Waals surface area contributed by atoms with Crippen molar-refractivity contribution in [2.75, 3.05) is 6.54 Å². The molecule has 1 unspecified atom stereocenters. The van der Waals surface area contributed by atoms with Crippen LogP contribution in [0.3, 0.4) is 0 Å². The Labute approximate surface area is 215 Å². The number of carbonyl (C=O) groups is 1. The van der Waals surface area contributed by atoms with E-state index >= 15 is 0 Å². The lowest BCUT2D eigenvalue weighted by Gasteiger charge is -2.21. The van der Waals surface area contributed by atoms with Gasteiger partial charge in [-0.25, -0.2) is 13.4 Å². The Morgan fingerprint density at radius 3 is 2.32 bits per heavy atom. The molecule has 0 radical (unpaired) electrons. The predicted octanol–water partition coefficient (Wildman–Crippen LogP) is 5.13. The SMILES string of the molecule is Cc1oc(-c2ccc(-c3ccccc3)cc2)nc1COc1ccc(S(=O)(=O)N2CCCC2C(=O)O)cc1. The van der Waals surface area contributed by atoms with E-state index in [-0.39, 0.29) is 18.0 Å². The molecule has 8 nitrogen and oxygen atoms in total. The Bertz CT molecular complexity index is 1500. The third-order valence-corrected chi connectivity index (χ3v) is 8.35. The molecule has 0 saturated carbocycles. The first kappa shape index (κ1) is 24.7. The van der Waals surface area contributed by atoms with Gasteiger partial charge in [-0.15, -0.1) is 0 Å². The van der Waals surface area contributed by atoms with E-state index in [4.69, 9.17) is 9.15 Å². The second-order valence-electron chi connectivity index (χ2n) is 8.84.